The molecule has 0 saturated carbocycles. The number of aromatic carboxylic acids is 1. The molecule has 0 bridgehead atoms. The lowest BCUT2D eigenvalue weighted by Crippen LogP contribution is -2.40. The molecular formula is C12H13ClN2O3S. The van der Waals surface area contributed by atoms with Gasteiger partial charge in [-0.1, -0.05) is 11.6 Å². The molecule has 1 aromatic rings. The fourth-order valence-electron chi connectivity index (χ4n) is 1.74. The summed E-state index contributed by atoms with van der Waals surface area (Å²) in [6, 6.07) is 4.21. The van der Waals surface area contributed by atoms with Gasteiger partial charge in [0.1, 0.15) is 0 Å². The molecule has 2 N–H and O–H groups in total. The molecule has 1 heterocycles. The highest BCUT2D eigenvalue weighted by molar-refractivity contribution is 7.99. The van der Waals surface area contributed by atoms with Crippen molar-refractivity contribution < 1.29 is 14.7 Å². The van der Waals surface area contributed by atoms with Gasteiger partial charge in [-0.3, -0.25) is 0 Å². The molecule has 102 valence electrons. The van der Waals surface area contributed by atoms with Crippen molar-refractivity contribution in [3.63, 3.8) is 0 Å². The second-order valence-corrected chi connectivity index (χ2v) is 5.66. The number of carbonyl (C=O) groups excluding carboxylic acids is 1. The van der Waals surface area contributed by atoms with E-state index >= 15 is 0 Å². The van der Waals surface area contributed by atoms with E-state index in [9.17, 15) is 9.59 Å². The van der Waals surface area contributed by atoms with Crippen molar-refractivity contribution in [3.05, 3.63) is 28.8 Å². The first-order valence-electron chi connectivity index (χ1n) is 5.74. The Labute approximate surface area is 119 Å². The number of anilines is 1. The number of halogens is 1. The van der Waals surface area contributed by atoms with Crippen LogP contribution in [0.3, 0.4) is 0 Å². The van der Waals surface area contributed by atoms with Crippen LogP contribution in [0.1, 0.15) is 10.4 Å². The Morgan fingerprint density at radius 3 is 2.63 bits per heavy atom. The highest BCUT2D eigenvalue weighted by atomic mass is 35.5. The zero-order chi connectivity index (χ0) is 13.8. The lowest BCUT2D eigenvalue weighted by Gasteiger charge is -2.26. The minimum absolute atomic E-state index is 0.0198. The molecule has 0 spiro atoms. The molecule has 0 aromatic heterocycles. The van der Waals surface area contributed by atoms with Gasteiger partial charge in [0.05, 0.1) is 10.6 Å². The van der Waals surface area contributed by atoms with Gasteiger partial charge in [-0.25, -0.2) is 9.59 Å². The SMILES string of the molecule is O=C(O)c1cc(NC(=O)N2CCSCC2)ccc1Cl. The molecule has 0 aliphatic carbocycles. The van der Waals surface area contributed by atoms with Crippen LogP contribution in [0.2, 0.25) is 5.02 Å². The summed E-state index contributed by atoms with van der Waals surface area (Å²) in [5.74, 6) is 0.735. The Bertz CT molecular complexity index is 504. The fraction of sp³-hybridized carbons (Fsp3) is 0.333. The molecule has 7 heteroatoms. The maximum atomic E-state index is 12.0. The van der Waals surface area contributed by atoms with Crippen molar-refractivity contribution in [1.29, 1.82) is 0 Å². The van der Waals surface area contributed by atoms with Crippen LogP contribution >= 0.6 is 23.4 Å². The number of carboxylic acid groups (broad SMARTS) is 1. The molecule has 5 nitrogen and oxygen atoms in total. The molecule has 1 aliphatic heterocycles. The smallest absolute Gasteiger partial charge is 0.337 e. The Morgan fingerprint density at radius 1 is 1.32 bits per heavy atom. The van der Waals surface area contributed by atoms with Crippen molar-refractivity contribution in [3.8, 4) is 0 Å². The summed E-state index contributed by atoms with van der Waals surface area (Å²) < 4.78 is 0. The molecule has 1 aromatic carbocycles. The van der Waals surface area contributed by atoms with Crippen LogP contribution in [0.15, 0.2) is 18.2 Å². The number of urea groups is 1. The zero-order valence-corrected chi connectivity index (χ0v) is 11.6. The summed E-state index contributed by atoms with van der Waals surface area (Å²) in [4.78, 5) is 24.6. The zero-order valence-electron chi connectivity index (χ0n) is 10.1. The number of nitrogens with one attached hydrogen (secondary N) is 1. The number of hydrogen-bond acceptors (Lipinski definition) is 3. The molecule has 1 aliphatic rings. The highest BCUT2D eigenvalue weighted by Gasteiger charge is 2.17. The number of amides is 2. The number of thioether (sulfide) groups is 1. The summed E-state index contributed by atoms with van der Waals surface area (Å²) in [6.45, 7) is 1.41. The van der Waals surface area contributed by atoms with Gasteiger partial charge >= 0.3 is 12.0 Å². The van der Waals surface area contributed by atoms with Crippen molar-refractivity contribution in [2.75, 3.05) is 29.9 Å². The van der Waals surface area contributed by atoms with Gasteiger partial charge in [0.25, 0.3) is 0 Å². The van der Waals surface area contributed by atoms with Crippen LogP contribution in [0.4, 0.5) is 10.5 Å². The Hall–Kier alpha value is -1.40. The van der Waals surface area contributed by atoms with Gasteiger partial charge in [0.15, 0.2) is 0 Å². The summed E-state index contributed by atoms with van der Waals surface area (Å²) in [7, 11) is 0. The van der Waals surface area contributed by atoms with Crippen molar-refractivity contribution >= 4 is 41.1 Å². The number of hydrogen-bond donors (Lipinski definition) is 2. The molecule has 0 atom stereocenters. The average Bonchev–Trinajstić information content (AvgIpc) is 2.41. The van der Waals surface area contributed by atoms with Gasteiger partial charge in [0.2, 0.25) is 0 Å². The van der Waals surface area contributed by atoms with E-state index in [1.54, 1.807) is 11.0 Å². The van der Waals surface area contributed by atoms with Gasteiger partial charge in [-0.05, 0) is 18.2 Å². The molecule has 1 saturated heterocycles. The number of benzene rings is 1. The summed E-state index contributed by atoms with van der Waals surface area (Å²) in [5, 5.41) is 11.8. The van der Waals surface area contributed by atoms with Crippen molar-refractivity contribution in [1.82, 2.24) is 4.90 Å². The van der Waals surface area contributed by atoms with Gasteiger partial charge in [0, 0.05) is 30.3 Å². The first kappa shape index (κ1) is 14.0. The van der Waals surface area contributed by atoms with Crippen molar-refractivity contribution in [2.45, 2.75) is 0 Å². The third-order valence-corrected chi connectivity index (χ3v) is 4.02. The van der Waals surface area contributed by atoms with E-state index in [1.807, 2.05) is 11.8 Å². The highest BCUT2D eigenvalue weighted by Crippen LogP contribution is 2.21. The molecular weight excluding hydrogens is 288 g/mol. The van der Waals surface area contributed by atoms with Crippen LogP contribution in [0.25, 0.3) is 0 Å². The van der Waals surface area contributed by atoms with E-state index in [0.717, 1.165) is 11.5 Å². The van der Waals surface area contributed by atoms with Crippen LogP contribution < -0.4 is 5.32 Å². The molecule has 2 amide bonds. The van der Waals surface area contributed by atoms with Gasteiger partial charge in [-0.15, -0.1) is 0 Å². The summed E-state index contributed by atoms with van der Waals surface area (Å²) in [5.41, 5.74) is 0.415. The van der Waals surface area contributed by atoms with E-state index in [0.29, 0.717) is 18.8 Å². The van der Waals surface area contributed by atoms with Gasteiger partial charge < -0.3 is 15.3 Å². The molecule has 1 fully saturated rings. The number of nitrogens with zero attached hydrogens (tertiary/aromatic N) is 1. The van der Waals surface area contributed by atoms with Crippen LogP contribution in [0, 0.1) is 0 Å². The van der Waals surface area contributed by atoms with E-state index in [4.69, 9.17) is 16.7 Å². The molecule has 19 heavy (non-hydrogen) atoms. The van der Waals surface area contributed by atoms with Crippen LogP contribution in [-0.4, -0.2) is 46.6 Å². The minimum atomic E-state index is -1.12. The van der Waals surface area contributed by atoms with E-state index in [-0.39, 0.29) is 16.6 Å². The standard InChI is InChI=1S/C12H13ClN2O3S/c13-10-2-1-8(7-9(10)11(16)17)14-12(18)15-3-5-19-6-4-15/h1-2,7H,3-6H2,(H,14,18)(H,16,17). The lowest BCUT2D eigenvalue weighted by molar-refractivity contribution is 0.0697. The Morgan fingerprint density at radius 2 is 2.00 bits per heavy atom. The summed E-state index contributed by atoms with van der Waals surface area (Å²) >= 11 is 7.58. The van der Waals surface area contributed by atoms with E-state index in [1.165, 1.54) is 12.1 Å². The lowest BCUT2D eigenvalue weighted by atomic mass is 10.2. The number of carbonyl (C=O) groups is 2. The van der Waals surface area contributed by atoms with Crippen molar-refractivity contribution in [2.24, 2.45) is 0 Å². The summed E-state index contributed by atoms with van der Waals surface area (Å²) in [6.07, 6.45) is 0. The third kappa shape index (κ3) is 3.54. The monoisotopic (exact) mass is 300 g/mol. The Kier molecular flexibility index (Phi) is 4.55. The second-order valence-electron chi connectivity index (χ2n) is 4.03. The number of carboxylic acids is 1. The predicted octanol–water partition coefficient (Wildman–Crippen LogP) is 2.62. The Balaban J connectivity index is 2.08. The fourth-order valence-corrected chi connectivity index (χ4v) is 2.84. The molecule has 0 radical (unpaired) electrons. The largest absolute Gasteiger partial charge is 0.478 e. The van der Waals surface area contributed by atoms with E-state index in [2.05, 4.69) is 5.32 Å². The average molecular weight is 301 g/mol. The van der Waals surface area contributed by atoms with Crippen LogP contribution in [-0.2, 0) is 0 Å². The van der Waals surface area contributed by atoms with Gasteiger partial charge in [-0.2, -0.15) is 11.8 Å². The quantitative estimate of drug-likeness (QED) is 0.881. The number of rotatable bonds is 2. The third-order valence-electron chi connectivity index (χ3n) is 2.75. The second kappa shape index (κ2) is 6.16. The maximum absolute atomic E-state index is 12.0. The van der Waals surface area contributed by atoms with Crippen LogP contribution in [0.5, 0.6) is 0 Å². The molecule has 2 rings (SSSR count). The first-order valence-corrected chi connectivity index (χ1v) is 7.27. The maximum Gasteiger partial charge on any atom is 0.337 e. The normalized spacial score (nSPS) is 15.1. The molecule has 0 unspecified atom stereocenters. The predicted molar refractivity (Wildman–Crippen MR) is 76.3 cm³/mol. The first-order chi connectivity index (χ1) is 9.08. The van der Waals surface area contributed by atoms with E-state index < -0.39 is 5.97 Å². The minimum Gasteiger partial charge on any atom is -0.478 e. The topological polar surface area (TPSA) is 69.6 Å².